The van der Waals surface area contributed by atoms with E-state index in [4.69, 9.17) is 5.11 Å². The first-order chi connectivity index (χ1) is 7.29. The van der Waals surface area contributed by atoms with Crippen molar-refractivity contribution in [3.8, 4) is 0 Å². The number of hydrogen-bond acceptors (Lipinski definition) is 3. The highest BCUT2D eigenvalue weighted by atomic mass is 16.4. The molecule has 1 heterocycles. The van der Waals surface area contributed by atoms with Crippen LogP contribution in [0, 0.1) is 0 Å². The van der Waals surface area contributed by atoms with Crippen LogP contribution in [0.3, 0.4) is 0 Å². The molecule has 0 aliphatic rings. The van der Waals surface area contributed by atoms with Crippen molar-refractivity contribution in [1.82, 2.24) is 10.3 Å². The van der Waals surface area contributed by atoms with E-state index < -0.39 is 5.97 Å². The third-order valence-corrected chi connectivity index (χ3v) is 2.07. The average molecular weight is 208 g/mol. The van der Waals surface area contributed by atoms with Gasteiger partial charge in [0, 0.05) is 25.4 Å². The summed E-state index contributed by atoms with van der Waals surface area (Å²) in [5.41, 5.74) is 1.20. The van der Waals surface area contributed by atoms with Crippen molar-refractivity contribution in [2.24, 2.45) is 0 Å². The van der Waals surface area contributed by atoms with Crippen molar-refractivity contribution < 1.29 is 9.90 Å². The molecule has 82 valence electrons. The highest BCUT2D eigenvalue weighted by molar-refractivity contribution is 5.66. The molecule has 0 unspecified atom stereocenters. The van der Waals surface area contributed by atoms with Gasteiger partial charge < -0.3 is 10.4 Å². The molecule has 0 bridgehead atoms. The molecule has 15 heavy (non-hydrogen) atoms. The number of hydrogen-bond donors (Lipinski definition) is 2. The minimum Gasteiger partial charge on any atom is -0.481 e. The molecule has 2 N–H and O–H groups in total. The molecule has 0 amide bonds. The van der Waals surface area contributed by atoms with E-state index in [1.165, 1.54) is 5.56 Å². The van der Waals surface area contributed by atoms with Crippen LogP contribution in [0.25, 0.3) is 0 Å². The second kappa shape index (κ2) is 6.95. The fourth-order valence-electron chi connectivity index (χ4n) is 1.26. The van der Waals surface area contributed by atoms with E-state index in [0.29, 0.717) is 0 Å². The summed E-state index contributed by atoms with van der Waals surface area (Å²) < 4.78 is 0. The Hall–Kier alpha value is -1.42. The molecule has 0 aliphatic carbocycles. The van der Waals surface area contributed by atoms with Crippen molar-refractivity contribution in [1.29, 1.82) is 0 Å². The Morgan fingerprint density at radius 1 is 1.33 bits per heavy atom. The van der Waals surface area contributed by atoms with Gasteiger partial charge in [-0.3, -0.25) is 9.78 Å². The van der Waals surface area contributed by atoms with Crippen LogP contribution in [0.5, 0.6) is 0 Å². The number of pyridine rings is 1. The topological polar surface area (TPSA) is 62.2 Å². The van der Waals surface area contributed by atoms with E-state index in [0.717, 1.165) is 25.9 Å². The van der Waals surface area contributed by atoms with Gasteiger partial charge in [-0.05, 0) is 37.1 Å². The zero-order valence-corrected chi connectivity index (χ0v) is 8.65. The van der Waals surface area contributed by atoms with E-state index in [1.807, 2.05) is 12.1 Å². The van der Waals surface area contributed by atoms with Crippen molar-refractivity contribution >= 4 is 5.97 Å². The van der Waals surface area contributed by atoms with Gasteiger partial charge in [0.15, 0.2) is 0 Å². The fourth-order valence-corrected chi connectivity index (χ4v) is 1.26. The molecule has 0 aliphatic heterocycles. The van der Waals surface area contributed by atoms with Gasteiger partial charge in [0.2, 0.25) is 0 Å². The number of carbonyl (C=O) groups is 1. The van der Waals surface area contributed by atoms with Gasteiger partial charge in [-0.25, -0.2) is 0 Å². The van der Waals surface area contributed by atoms with Gasteiger partial charge in [-0.15, -0.1) is 0 Å². The number of rotatable bonds is 7. The Kier molecular flexibility index (Phi) is 5.40. The lowest BCUT2D eigenvalue weighted by molar-refractivity contribution is -0.137. The Labute approximate surface area is 89.3 Å². The Morgan fingerprint density at radius 3 is 2.73 bits per heavy atom. The van der Waals surface area contributed by atoms with E-state index >= 15 is 0 Å². The summed E-state index contributed by atoms with van der Waals surface area (Å²) in [6.07, 6.45) is 5.43. The molecule has 0 saturated heterocycles. The zero-order chi connectivity index (χ0) is 10.9. The maximum atomic E-state index is 10.2. The van der Waals surface area contributed by atoms with E-state index in [2.05, 4.69) is 10.3 Å². The van der Waals surface area contributed by atoms with E-state index in [-0.39, 0.29) is 6.42 Å². The number of aromatic nitrogens is 1. The number of carboxylic acid groups (broad SMARTS) is 1. The average Bonchev–Trinajstić information content (AvgIpc) is 2.24. The first kappa shape index (κ1) is 11.7. The van der Waals surface area contributed by atoms with Crippen molar-refractivity contribution in [2.75, 3.05) is 6.54 Å². The number of nitrogens with zero attached hydrogens (tertiary/aromatic N) is 1. The first-order valence-corrected chi connectivity index (χ1v) is 5.10. The molecular weight excluding hydrogens is 192 g/mol. The molecule has 1 rings (SSSR count). The molecule has 0 fully saturated rings. The fraction of sp³-hybridized carbons (Fsp3) is 0.455. The maximum absolute atomic E-state index is 10.2. The predicted octanol–water partition coefficient (Wildman–Crippen LogP) is 1.43. The lowest BCUT2D eigenvalue weighted by Gasteiger charge is -2.03. The summed E-state index contributed by atoms with van der Waals surface area (Å²) in [4.78, 5) is 14.2. The normalized spacial score (nSPS) is 10.1. The monoisotopic (exact) mass is 208 g/mol. The van der Waals surface area contributed by atoms with Crippen molar-refractivity contribution in [2.45, 2.75) is 25.8 Å². The maximum Gasteiger partial charge on any atom is 0.303 e. The Balaban J connectivity index is 2.00. The van der Waals surface area contributed by atoms with E-state index in [1.54, 1.807) is 12.4 Å². The number of unbranched alkanes of at least 4 members (excludes halogenated alkanes) is 1. The number of nitrogens with one attached hydrogen (secondary N) is 1. The van der Waals surface area contributed by atoms with Gasteiger partial charge in [0.1, 0.15) is 0 Å². The third-order valence-electron chi connectivity index (χ3n) is 2.07. The lowest BCUT2D eigenvalue weighted by Crippen LogP contribution is -2.14. The van der Waals surface area contributed by atoms with Crippen molar-refractivity contribution in [3.63, 3.8) is 0 Å². The van der Waals surface area contributed by atoms with Crippen LogP contribution in [-0.4, -0.2) is 22.6 Å². The molecule has 0 radical (unpaired) electrons. The molecule has 0 atom stereocenters. The molecule has 1 aromatic rings. The first-order valence-electron chi connectivity index (χ1n) is 5.10. The molecule has 4 nitrogen and oxygen atoms in total. The Bertz CT molecular complexity index is 288. The summed E-state index contributed by atoms with van der Waals surface area (Å²) in [6, 6.07) is 3.93. The highest BCUT2D eigenvalue weighted by Gasteiger charge is 1.96. The van der Waals surface area contributed by atoms with Crippen LogP contribution in [0.15, 0.2) is 24.5 Å². The smallest absolute Gasteiger partial charge is 0.303 e. The number of carboxylic acids is 1. The molecule has 4 heteroatoms. The number of aliphatic carboxylic acids is 1. The third kappa shape index (κ3) is 5.80. The zero-order valence-electron chi connectivity index (χ0n) is 8.65. The minimum absolute atomic E-state index is 0.261. The quantitative estimate of drug-likeness (QED) is 0.665. The molecule has 0 saturated carbocycles. The summed E-state index contributed by atoms with van der Waals surface area (Å²) in [5, 5.41) is 11.7. The molecule has 0 spiro atoms. The van der Waals surface area contributed by atoms with Gasteiger partial charge in [0.25, 0.3) is 0 Å². The van der Waals surface area contributed by atoms with Gasteiger partial charge in [-0.1, -0.05) is 0 Å². The van der Waals surface area contributed by atoms with Crippen LogP contribution in [0.2, 0.25) is 0 Å². The second-order valence-electron chi connectivity index (χ2n) is 3.38. The highest BCUT2D eigenvalue weighted by Crippen LogP contribution is 1.97. The molecule has 1 aromatic heterocycles. The lowest BCUT2D eigenvalue weighted by atomic mass is 10.2. The largest absolute Gasteiger partial charge is 0.481 e. The van der Waals surface area contributed by atoms with Crippen LogP contribution in [0.1, 0.15) is 24.8 Å². The van der Waals surface area contributed by atoms with E-state index in [9.17, 15) is 4.79 Å². The summed E-state index contributed by atoms with van der Waals surface area (Å²) in [5.74, 6) is -0.718. The summed E-state index contributed by atoms with van der Waals surface area (Å²) in [7, 11) is 0. The summed E-state index contributed by atoms with van der Waals surface area (Å²) in [6.45, 7) is 1.67. The van der Waals surface area contributed by atoms with Gasteiger partial charge in [-0.2, -0.15) is 0 Å². The van der Waals surface area contributed by atoms with Crippen LogP contribution < -0.4 is 5.32 Å². The van der Waals surface area contributed by atoms with Crippen LogP contribution in [-0.2, 0) is 11.3 Å². The second-order valence-corrected chi connectivity index (χ2v) is 3.38. The SMILES string of the molecule is O=C(O)CCCCNCc1ccncc1. The van der Waals surface area contributed by atoms with Crippen LogP contribution >= 0.6 is 0 Å². The Morgan fingerprint density at radius 2 is 2.07 bits per heavy atom. The molecule has 0 aromatic carbocycles. The predicted molar refractivity (Wildman–Crippen MR) is 57.4 cm³/mol. The van der Waals surface area contributed by atoms with Crippen LogP contribution in [0.4, 0.5) is 0 Å². The standard InChI is InChI=1S/C11H16N2O2/c14-11(15)3-1-2-6-13-9-10-4-7-12-8-5-10/h4-5,7-8,13H,1-3,6,9H2,(H,14,15). The summed E-state index contributed by atoms with van der Waals surface area (Å²) >= 11 is 0. The van der Waals surface area contributed by atoms with Gasteiger partial charge in [0.05, 0.1) is 0 Å². The minimum atomic E-state index is -0.718. The van der Waals surface area contributed by atoms with Gasteiger partial charge >= 0.3 is 5.97 Å². The van der Waals surface area contributed by atoms with Crippen molar-refractivity contribution in [3.05, 3.63) is 30.1 Å². The molecular formula is C11H16N2O2.